The van der Waals surface area contributed by atoms with Crippen molar-refractivity contribution in [2.45, 2.75) is 24.0 Å². The number of pyridine rings is 1. The van der Waals surface area contributed by atoms with E-state index in [1.165, 1.54) is 6.20 Å². The van der Waals surface area contributed by atoms with Gasteiger partial charge in [0.05, 0.1) is 11.3 Å². The molecule has 0 spiro atoms. The second-order valence-electron chi connectivity index (χ2n) is 6.13. The average Bonchev–Trinajstić information content (AvgIpc) is 3.23. The van der Waals surface area contributed by atoms with Gasteiger partial charge in [0.2, 0.25) is 5.82 Å². The Hall–Kier alpha value is -3.19. The first-order valence-corrected chi connectivity index (χ1v) is 10.0. The second kappa shape index (κ2) is 7.44. The van der Waals surface area contributed by atoms with E-state index in [0.29, 0.717) is 37.6 Å². The molecule has 146 valence electrons. The zero-order chi connectivity index (χ0) is 19.6. The number of anilines is 1. The van der Waals surface area contributed by atoms with Gasteiger partial charge >= 0.3 is 6.01 Å². The summed E-state index contributed by atoms with van der Waals surface area (Å²) in [6.07, 6.45) is 6.03. The van der Waals surface area contributed by atoms with Crippen molar-refractivity contribution in [2.75, 3.05) is 18.0 Å². The molecular formula is C15H17N9O3S. The summed E-state index contributed by atoms with van der Waals surface area (Å²) in [4.78, 5) is 14.1. The summed E-state index contributed by atoms with van der Waals surface area (Å²) >= 11 is 0. The van der Waals surface area contributed by atoms with Gasteiger partial charge in [-0.15, -0.1) is 10.2 Å². The molecular weight excluding hydrogens is 386 g/mol. The molecule has 3 aromatic heterocycles. The van der Waals surface area contributed by atoms with E-state index in [4.69, 9.17) is 9.88 Å². The highest BCUT2D eigenvalue weighted by Crippen LogP contribution is 2.34. The lowest BCUT2D eigenvalue weighted by Gasteiger charge is -2.34. The molecule has 28 heavy (non-hydrogen) atoms. The Bertz CT molecular complexity index is 1040. The molecule has 13 heteroatoms. The van der Waals surface area contributed by atoms with Crippen LogP contribution in [0.2, 0.25) is 0 Å². The first-order chi connectivity index (χ1) is 13.5. The molecule has 0 aromatic carbocycles. The van der Waals surface area contributed by atoms with Crippen LogP contribution in [0, 0.1) is 0 Å². The summed E-state index contributed by atoms with van der Waals surface area (Å²) in [6, 6.07) is 3.78. The van der Waals surface area contributed by atoms with E-state index in [-0.39, 0.29) is 22.5 Å². The van der Waals surface area contributed by atoms with E-state index in [2.05, 4.69) is 35.6 Å². The van der Waals surface area contributed by atoms with Gasteiger partial charge in [-0.1, -0.05) is 0 Å². The summed E-state index contributed by atoms with van der Waals surface area (Å²) in [7, 11) is -4.07. The number of nitrogens with zero attached hydrogens (tertiary/aromatic N) is 7. The Morgan fingerprint density at radius 3 is 2.54 bits per heavy atom. The summed E-state index contributed by atoms with van der Waals surface area (Å²) < 4.78 is 29.8. The molecule has 3 aromatic rings. The number of hydrogen-bond acceptors (Lipinski definition) is 10. The number of hydrogen-bond donors (Lipinski definition) is 2. The number of nitrogens with one attached hydrogen (secondary N) is 1. The molecule has 3 N–H and O–H groups in total. The number of rotatable bonds is 5. The van der Waals surface area contributed by atoms with Crippen LogP contribution >= 0.6 is 0 Å². The minimum atomic E-state index is -4.07. The predicted octanol–water partition coefficient (Wildman–Crippen LogP) is -0.253. The third kappa shape index (κ3) is 3.75. The van der Waals surface area contributed by atoms with E-state index < -0.39 is 10.0 Å². The van der Waals surface area contributed by atoms with Crippen molar-refractivity contribution in [3.05, 3.63) is 30.7 Å². The maximum Gasteiger partial charge on any atom is 0.316 e. The number of nitrogens with two attached hydrogens (primary N) is 1. The summed E-state index contributed by atoms with van der Waals surface area (Å²) in [5.41, 5.74) is 0.847. The lowest BCUT2D eigenvalue weighted by molar-refractivity contribution is 0.156. The van der Waals surface area contributed by atoms with E-state index in [0.717, 1.165) is 0 Å². The minimum Gasteiger partial charge on any atom is -0.460 e. The Labute approximate surface area is 160 Å². The van der Waals surface area contributed by atoms with E-state index >= 15 is 0 Å². The SMILES string of the molecule is NS(=O)(=O)c1nccc(N2CCC(Oc3ncccn3)CC2)c1-c1nn[nH]n1. The van der Waals surface area contributed by atoms with Crippen molar-refractivity contribution >= 4 is 15.7 Å². The van der Waals surface area contributed by atoms with Crippen molar-refractivity contribution < 1.29 is 13.2 Å². The molecule has 4 heterocycles. The number of primary sulfonamides is 1. The maximum absolute atomic E-state index is 12.0. The van der Waals surface area contributed by atoms with Crippen LogP contribution in [0.3, 0.4) is 0 Å². The highest BCUT2D eigenvalue weighted by atomic mass is 32.2. The van der Waals surface area contributed by atoms with Crippen LogP contribution in [0.25, 0.3) is 11.4 Å². The van der Waals surface area contributed by atoms with Gasteiger partial charge in [0, 0.05) is 44.5 Å². The number of aromatic nitrogens is 7. The van der Waals surface area contributed by atoms with Gasteiger partial charge in [-0.2, -0.15) is 5.21 Å². The van der Waals surface area contributed by atoms with Crippen LogP contribution in [0.4, 0.5) is 5.69 Å². The molecule has 0 bridgehead atoms. The summed E-state index contributed by atoms with van der Waals surface area (Å²) in [5, 5.41) is 18.7. The third-order valence-corrected chi connectivity index (χ3v) is 5.18. The van der Waals surface area contributed by atoms with Crippen LogP contribution in [0.1, 0.15) is 12.8 Å². The fraction of sp³-hybridized carbons (Fsp3) is 0.333. The molecule has 0 unspecified atom stereocenters. The highest BCUT2D eigenvalue weighted by Gasteiger charge is 2.29. The molecule has 1 fully saturated rings. The van der Waals surface area contributed by atoms with Gasteiger partial charge in [-0.05, 0) is 17.3 Å². The molecule has 1 aliphatic rings. The fourth-order valence-corrected chi connectivity index (χ4v) is 3.79. The van der Waals surface area contributed by atoms with Crippen molar-refractivity contribution in [3.63, 3.8) is 0 Å². The Balaban J connectivity index is 1.59. The number of piperidine rings is 1. The monoisotopic (exact) mass is 403 g/mol. The molecule has 4 rings (SSSR count). The molecule has 0 amide bonds. The standard InChI is InChI=1S/C15H17N9O3S/c16-28(25,26)14-12(13-20-22-23-21-13)11(2-7-17-14)24-8-3-10(4-9-24)27-15-18-5-1-6-19-15/h1-2,5-7,10H,3-4,8-9H2,(H2,16,25,26)(H,20,21,22,23). The van der Waals surface area contributed by atoms with Gasteiger partial charge in [0.1, 0.15) is 6.10 Å². The van der Waals surface area contributed by atoms with Gasteiger partial charge in [-0.25, -0.2) is 28.5 Å². The fourth-order valence-electron chi connectivity index (χ4n) is 3.10. The Morgan fingerprint density at radius 1 is 1.14 bits per heavy atom. The second-order valence-corrected chi connectivity index (χ2v) is 7.60. The van der Waals surface area contributed by atoms with Crippen molar-refractivity contribution in [3.8, 4) is 17.4 Å². The first kappa shape index (κ1) is 18.2. The average molecular weight is 403 g/mol. The van der Waals surface area contributed by atoms with Gasteiger partial charge in [0.15, 0.2) is 5.03 Å². The van der Waals surface area contributed by atoms with Crippen LogP contribution in [0.5, 0.6) is 6.01 Å². The number of sulfonamides is 1. The molecule has 0 aliphatic carbocycles. The molecule has 0 saturated carbocycles. The smallest absolute Gasteiger partial charge is 0.316 e. The van der Waals surface area contributed by atoms with Gasteiger partial charge in [0.25, 0.3) is 10.0 Å². The largest absolute Gasteiger partial charge is 0.460 e. The highest BCUT2D eigenvalue weighted by molar-refractivity contribution is 7.89. The van der Waals surface area contributed by atoms with Crippen LogP contribution in [0.15, 0.2) is 35.7 Å². The molecule has 1 aliphatic heterocycles. The zero-order valence-electron chi connectivity index (χ0n) is 14.6. The van der Waals surface area contributed by atoms with E-state index in [1.807, 2.05) is 4.90 Å². The molecule has 0 radical (unpaired) electrons. The van der Waals surface area contributed by atoms with Gasteiger partial charge < -0.3 is 9.64 Å². The lowest BCUT2D eigenvalue weighted by atomic mass is 10.1. The number of H-pyrrole nitrogens is 1. The Kier molecular flexibility index (Phi) is 4.83. The quantitative estimate of drug-likeness (QED) is 0.580. The topological polar surface area (TPSA) is 166 Å². The number of ether oxygens (including phenoxy) is 1. The minimum absolute atomic E-state index is 0.0353. The van der Waals surface area contributed by atoms with E-state index in [1.54, 1.807) is 24.5 Å². The van der Waals surface area contributed by atoms with Crippen molar-refractivity contribution in [1.29, 1.82) is 0 Å². The third-order valence-electron chi connectivity index (χ3n) is 4.33. The molecule has 0 atom stereocenters. The first-order valence-electron chi connectivity index (χ1n) is 8.46. The van der Waals surface area contributed by atoms with Crippen molar-refractivity contribution in [2.24, 2.45) is 5.14 Å². The maximum atomic E-state index is 12.0. The van der Waals surface area contributed by atoms with E-state index in [9.17, 15) is 8.42 Å². The Morgan fingerprint density at radius 2 is 1.89 bits per heavy atom. The molecule has 1 saturated heterocycles. The predicted molar refractivity (Wildman–Crippen MR) is 96.7 cm³/mol. The summed E-state index contributed by atoms with van der Waals surface area (Å²) in [5.74, 6) is 0.114. The zero-order valence-corrected chi connectivity index (χ0v) is 15.4. The van der Waals surface area contributed by atoms with Crippen LogP contribution in [-0.2, 0) is 10.0 Å². The van der Waals surface area contributed by atoms with Gasteiger partial charge in [-0.3, -0.25) is 0 Å². The number of aromatic amines is 1. The number of tetrazole rings is 1. The lowest BCUT2D eigenvalue weighted by Crippen LogP contribution is -2.39. The molecule has 12 nitrogen and oxygen atoms in total. The van der Waals surface area contributed by atoms with Crippen LogP contribution < -0.4 is 14.8 Å². The normalized spacial score (nSPS) is 15.5. The van der Waals surface area contributed by atoms with Crippen molar-refractivity contribution in [1.82, 2.24) is 35.6 Å². The van der Waals surface area contributed by atoms with Crippen LogP contribution in [-0.4, -0.2) is 63.2 Å². The summed E-state index contributed by atoms with van der Waals surface area (Å²) in [6.45, 7) is 1.24.